The summed E-state index contributed by atoms with van der Waals surface area (Å²) in [5, 5.41) is 9.97. The van der Waals surface area contributed by atoms with E-state index in [2.05, 4.69) is 17.0 Å². The van der Waals surface area contributed by atoms with Crippen LogP contribution in [0, 0.1) is 0 Å². The van der Waals surface area contributed by atoms with Gasteiger partial charge in [0.05, 0.1) is 19.3 Å². The minimum Gasteiger partial charge on any atom is -0.384 e. The van der Waals surface area contributed by atoms with Gasteiger partial charge in [-0.2, -0.15) is 0 Å². The van der Waals surface area contributed by atoms with E-state index in [-0.39, 0.29) is 17.9 Å². The zero-order chi connectivity index (χ0) is 12.5. The van der Waals surface area contributed by atoms with E-state index >= 15 is 0 Å². The number of carbonyl (C=O) groups is 1. The Morgan fingerprint density at radius 3 is 2.83 bits per heavy atom. The van der Waals surface area contributed by atoms with Gasteiger partial charge in [0.15, 0.2) is 5.78 Å². The third-order valence-corrected chi connectivity index (χ3v) is 3.83. The summed E-state index contributed by atoms with van der Waals surface area (Å²) in [5.41, 5.74) is 1.20. The molecule has 1 aromatic carbocycles. The van der Waals surface area contributed by atoms with Crippen LogP contribution >= 0.6 is 0 Å². The molecule has 2 heterocycles. The fourth-order valence-corrected chi connectivity index (χ4v) is 2.84. The number of carbonyl (C=O) groups excluding carboxylic acids is 1. The van der Waals surface area contributed by atoms with Crippen molar-refractivity contribution in [1.29, 1.82) is 0 Å². The molecule has 3 rings (SSSR count). The fourth-order valence-electron chi connectivity index (χ4n) is 2.84. The molecule has 1 aromatic rings. The van der Waals surface area contributed by atoms with E-state index in [0.29, 0.717) is 19.6 Å². The Hall–Kier alpha value is -1.23. The lowest BCUT2D eigenvalue weighted by molar-refractivity contribution is -0.157. The highest BCUT2D eigenvalue weighted by Gasteiger charge is 2.44. The van der Waals surface area contributed by atoms with E-state index in [1.807, 2.05) is 18.2 Å². The maximum Gasteiger partial charge on any atom is 0.164 e. The average molecular weight is 247 g/mol. The molecule has 96 valence electrons. The summed E-state index contributed by atoms with van der Waals surface area (Å²) < 4.78 is 5.47. The molecule has 0 spiro atoms. The Labute approximate surface area is 106 Å². The summed E-state index contributed by atoms with van der Waals surface area (Å²) in [4.78, 5) is 13.9. The zero-order valence-electron chi connectivity index (χ0n) is 10.2. The molecule has 1 N–H and O–H groups in total. The van der Waals surface area contributed by atoms with Crippen LogP contribution in [0.4, 0.5) is 0 Å². The lowest BCUT2D eigenvalue weighted by Gasteiger charge is -2.47. The highest BCUT2D eigenvalue weighted by molar-refractivity contribution is 5.85. The van der Waals surface area contributed by atoms with Crippen LogP contribution in [0.15, 0.2) is 30.3 Å². The first kappa shape index (κ1) is 11.8. The normalized spacial score (nSPS) is 32.5. The quantitative estimate of drug-likeness (QED) is 0.831. The van der Waals surface area contributed by atoms with Crippen LogP contribution in [-0.4, -0.2) is 47.2 Å². The molecule has 3 atom stereocenters. The molecule has 0 amide bonds. The Bertz CT molecular complexity index is 434. The minimum absolute atomic E-state index is 0.0439. The number of ether oxygens (including phenoxy) is 1. The smallest absolute Gasteiger partial charge is 0.164 e. The van der Waals surface area contributed by atoms with Crippen LogP contribution in [0.25, 0.3) is 0 Å². The standard InChI is InChI=1S/C14H17NO3/c16-13-6-11-8-18-9-12(14(13)17)15(11)7-10-4-2-1-3-5-10/h1-5,11-12,14,17H,6-9H2. The van der Waals surface area contributed by atoms with Gasteiger partial charge >= 0.3 is 0 Å². The van der Waals surface area contributed by atoms with Crippen molar-refractivity contribution >= 4 is 5.78 Å². The molecule has 2 saturated heterocycles. The van der Waals surface area contributed by atoms with E-state index in [1.165, 1.54) is 5.56 Å². The number of aliphatic hydroxyl groups is 1. The summed E-state index contributed by atoms with van der Waals surface area (Å²) in [7, 11) is 0. The summed E-state index contributed by atoms with van der Waals surface area (Å²) in [6.07, 6.45) is -0.505. The third kappa shape index (κ3) is 2.07. The number of fused-ring (bicyclic) bond motifs is 2. The molecular formula is C14H17NO3. The van der Waals surface area contributed by atoms with Crippen molar-refractivity contribution in [2.24, 2.45) is 0 Å². The number of nitrogens with zero attached hydrogens (tertiary/aromatic N) is 1. The van der Waals surface area contributed by atoms with Gasteiger partial charge < -0.3 is 9.84 Å². The number of morpholine rings is 1. The van der Waals surface area contributed by atoms with E-state index in [0.717, 1.165) is 6.54 Å². The molecule has 2 fully saturated rings. The van der Waals surface area contributed by atoms with Crippen molar-refractivity contribution in [2.75, 3.05) is 13.2 Å². The van der Waals surface area contributed by atoms with Crippen LogP contribution in [0.1, 0.15) is 12.0 Å². The van der Waals surface area contributed by atoms with Crippen molar-refractivity contribution in [3.8, 4) is 0 Å². The second-order valence-electron chi connectivity index (χ2n) is 5.03. The van der Waals surface area contributed by atoms with Gasteiger partial charge in [-0.3, -0.25) is 9.69 Å². The Kier molecular flexibility index (Phi) is 3.16. The van der Waals surface area contributed by atoms with Gasteiger partial charge in [0.25, 0.3) is 0 Å². The van der Waals surface area contributed by atoms with Gasteiger partial charge in [0.2, 0.25) is 0 Å². The fraction of sp³-hybridized carbons (Fsp3) is 0.500. The van der Waals surface area contributed by atoms with Gasteiger partial charge in [-0.15, -0.1) is 0 Å². The molecule has 4 heteroatoms. The van der Waals surface area contributed by atoms with Gasteiger partial charge in [0.1, 0.15) is 6.10 Å². The van der Waals surface area contributed by atoms with Crippen LogP contribution in [0.3, 0.4) is 0 Å². The number of aliphatic hydroxyl groups excluding tert-OH is 1. The average Bonchev–Trinajstić information content (AvgIpc) is 2.39. The highest BCUT2D eigenvalue weighted by atomic mass is 16.5. The number of rotatable bonds is 2. The lowest BCUT2D eigenvalue weighted by Crippen LogP contribution is -2.63. The van der Waals surface area contributed by atoms with Gasteiger partial charge in [-0.05, 0) is 5.56 Å². The molecule has 2 aliphatic rings. The van der Waals surface area contributed by atoms with E-state index < -0.39 is 6.10 Å². The topological polar surface area (TPSA) is 49.8 Å². The predicted octanol–water partition coefficient (Wildman–Crippen LogP) is 0.590. The summed E-state index contributed by atoms with van der Waals surface area (Å²) >= 11 is 0. The van der Waals surface area contributed by atoms with E-state index in [9.17, 15) is 9.90 Å². The van der Waals surface area contributed by atoms with Crippen LogP contribution in [-0.2, 0) is 16.1 Å². The number of piperidine rings is 1. The molecular weight excluding hydrogens is 230 g/mol. The Morgan fingerprint density at radius 2 is 2.06 bits per heavy atom. The molecule has 0 aliphatic carbocycles. The SMILES string of the molecule is O=C1CC2COCC(C1O)N2Cc1ccccc1. The first-order chi connectivity index (χ1) is 8.75. The number of benzene rings is 1. The first-order valence-electron chi connectivity index (χ1n) is 6.34. The molecule has 2 bridgehead atoms. The van der Waals surface area contributed by atoms with Crippen molar-refractivity contribution in [1.82, 2.24) is 4.90 Å². The van der Waals surface area contributed by atoms with Gasteiger partial charge in [0, 0.05) is 19.0 Å². The van der Waals surface area contributed by atoms with Gasteiger partial charge in [-0.25, -0.2) is 0 Å². The Morgan fingerprint density at radius 1 is 1.28 bits per heavy atom. The molecule has 4 nitrogen and oxygen atoms in total. The second-order valence-corrected chi connectivity index (χ2v) is 5.03. The number of hydrogen-bond donors (Lipinski definition) is 1. The van der Waals surface area contributed by atoms with Crippen LogP contribution in [0.2, 0.25) is 0 Å². The highest BCUT2D eigenvalue weighted by Crippen LogP contribution is 2.27. The summed E-state index contributed by atoms with van der Waals surface area (Å²) in [5.74, 6) is -0.0439. The summed E-state index contributed by atoms with van der Waals surface area (Å²) in [6.45, 7) is 1.79. The maximum atomic E-state index is 11.7. The monoisotopic (exact) mass is 247 g/mol. The second kappa shape index (κ2) is 4.80. The van der Waals surface area contributed by atoms with Crippen molar-refractivity contribution < 1.29 is 14.6 Å². The number of Topliss-reactive ketones (excluding diaryl/α,β-unsaturated/α-hetero) is 1. The molecule has 0 aromatic heterocycles. The molecule has 0 saturated carbocycles. The Balaban J connectivity index is 1.81. The largest absolute Gasteiger partial charge is 0.384 e. The zero-order valence-corrected chi connectivity index (χ0v) is 10.2. The third-order valence-electron chi connectivity index (χ3n) is 3.83. The van der Waals surface area contributed by atoms with Gasteiger partial charge in [-0.1, -0.05) is 30.3 Å². The van der Waals surface area contributed by atoms with Crippen molar-refractivity contribution in [3.63, 3.8) is 0 Å². The van der Waals surface area contributed by atoms with E-state index in [4.69, 9.17) is 4.74 Å². The first-order valence-corrected chi connectivity index (χ1v) is 6.34. The minimum atomic E-state index is -0.898. The van der Waals surface area contributed by atoms with Crippen LogP contribution < -0.4 is 0 Å². The maximum absolute atomic E-state index is 11.7. The summed E-state index contributed by atoms with van der Waals surface area (Å²) in [6, 6.07) is 10.1. The molecule has 3 unspecified atom stereocenters. The molecule has 18 heavy (non-hydrogen) atoms. The van der Waals surface area contributed by atoms with Crippen molar-refractivity contribution in [3.05, 3.63) is 35.9 Å². The predicted molar refractivity (Wildman–Crippen MR) is 66.0 cm³/mol. The van der Waals surface area contributed by atoms with Crippen LogP contribution in [0.5, 0.6) is 0 Å². The number of ketones is 1. The number of hydrogen-bond acceptors (Lipinski definition) is 4. The molecule has 2 aliphatic heterocycles. The van der Waals surface area contributed by atoms with E-state index in [1.54, 1.807) is 0 Å². The lowest BCUT2D eigenvalue weighted by atomic mass is 9.90. The van der Waals surface area contributed by atoms with Crippen molar-refractivity contribution in [2.45, 2.75) is 31.2 Å². The molecule has 0 radical (unpaired) electrons.